The molecular formula is C20H19ClFN3O. The molecule has 4 rings (SSSR count). The van der Waals surface area contributed by atoms with Gasteiger partial charge in [0.1, 0.15) is 17.2 Å². The van der Waals surface area contributed by atoms with Crippen molar-refractivity contribution in [3.05, 3.63) is 70.5 Å². The Labute approximate surface area is 156 Å². The van der Waals surface area contributed by atoms with Crippen LogP contribution >= 0.6 is 11.6 Å². The minimum atomic E-state index is -0.544. The number of aliphatic imine (C=N–C) groups is 1. The van der Waals surface area contributed by atoms with Crippen molar-refractivity contribution in [1.29, 1.82) is 0 Å². The van der Waals surface area contributed by atoms with Gasteiger partial charge in [-0.2, -0.15) is 0 Å². The SMILES string of the molecule is O=C1NC2(CCN(Cc3ccccc3F)CC2)N=C1c1ccc(Cl)cc1. The van der Waals surface area contributed by atoms with E-state index in [1.165, 1.54) is 6.07 Å². The molecule has 0 bridgehead atoms. The van der Waals surface area contributed by atoms with Crippen LogP contribution in [0.4, 0.5) is 4.39 Å². The molecule has 1 spiro atoms. The highest BCUT2D eigenvalue weighted by molar-refractivity contribution is 6.47. The number of benzene rings is 2. The largest absolute Gasteiger partial charge is 0.326 e. The molecule has 1 saturated heterocycles. The van der Waals surface area contributed by atoms with Crippen molar-refractivity contribution in [3.8, 4) is 0 Å². The molecule has 2 heterocycles. The number of nitrogens with one attached hydrogen (secondary N) is 1. The fourth-order valence-electron chi connectivity index (χ4n) is 3.55. The van der Waals surface area contributed by atoms with E-state index < -0.39 is 5.66 Å². The van der Waals surface area contributed by atoms with Crippen LogP contribution in [0.15, 0.2) is 53.5 Å². The molecule has 134 valence electrons. The maximum absolute atomic E-state index is 13.8. The summed E-state index contributed by atoms with van der Waals surface area (Å²) in [6.45, 7) is 2.09. The van der Waals surface area contributed by atoms with E-state index in [1.807, 2.05) is 24.3 Å². The van der Waals surface area contributed by atoms with Gasteiger partial charge < -0.3 is 5.32 Å². The quantitative estimate of drug-likeness (QED) is 0.898. The Hall–Kier alpha value is -2.24. The lowest BCUT2D eigenvalue weighted by Gasteiger charge is -2.37. The summed E-state index contributed by atoms with van der Waals surface area (Å²) in [6.07, 6.45) is 1.43. The van der Waals surface area contributed by atoms with E-state index in [1.54, 1.807) is 18.2 Å². The molecule has 2 aliphatic heterocycles. The van der Waals surface area contributed by atoms with E-state index in [-0.39, 0.29) is 11.7 Å². The van der Waals surface area contributed by atoms with Crippen LogP contribution in [0.2, 0.25) is 5.02 Å². The summed E-state index contributed by atoms with van der Waals surface area (Å²) in [7, 11) is 0. The van der Waals surface area contributed by atoms with Gasteiger partial charge >= 0.3 is 0 Å². The van der Waals surface area contributed by atoms with E-state index in [9.17, 15) is 9.18 Å². The van der Waals surface area contributed by atoms with Crippen molar-refractivity contribution in [2.45, 2.75) is 25.0 Å². The third kappa shape index (κ3) is 3.37. The Bertz CT molecular complexity index is 858. The first-order valence-corrected chi connectivity index (χ1v) is 9.07. The lowest BCUT2D eigenvalue weighted by Crippen LogP contribution is -2.50. The van der Waals surface area contributed by atoms with Gasteiger partial charge in [0.2, 0.25) is 0 Å². The standard InChI is InChI=1S/C20H19ClFN3O/c21-16-7-5-14(6-8-16)18-19(26)24-20(23-18)9-11-25(12-10-20)13-15-3-1-2-4-17(15)22/h1-8H,9-13H2,(H,24,26). The maximum Gasteiger partial charge on any atom is 0.272 e. The Morgan fingerprint density at radius 1 is 1.12 bits per heavy atom. The Morgan fingerprint density at radius 2 is 1.81 bits per heavy atom. The van der Waals surface area contributed by atoms with Gasteiger partial charge in [-0.1, -0.05) is 41.9 Å². The number of amides is 1. The van der Waals surface area contributed by atoms with Crippen LogP contribution in [-0.2, 0) is 11.3 Å². The summed E-state index contributed by atoms with van der Waals surface area (Å²) in [5.41, 5.74) is 1.39. The monoisotopic (exact) mass is 371 g/mol. The molecule has 1 N–H and O–H groups in total. The smallest absolute Gasteiger partial charge is 0.272 e. The van der Waals surface area contributed by atoms with Gasteiger partial charge in [-0.3, -0.25) is 14.7 Å². The lowest BCUT2D eigenvalue weighted by molar-refractivity contribution is -0.115. The molecule has 4 nitrogen and oxygen atoms in total. The average Bonchev–Trinajstić information content (AvgIpc) is 2.96. The fraction of sp³-hybridized carbons (Fsp3) is 0.300. The summed E-state index contributed by atoms with van der Waals surface area (Å²) >= 11 is 5.92. The number of piperidine rings is 1. The molecule has 6 heteroatoms. The number of halogens is 2. The number of carbonyl (C=O) groups excluding carboxylic acids is 1. The van der Waals surface area contributed by atoms with Gasteiger partial charge in [0.15, 0.2) is 0 Å². The second-order valence-corrected chi connectivity index (χ2v) is 7.26. The molecule has 1 amide bonds. The molecule has 0 saturated carbocycles. The minimum Gasteiger partial charge on any atom is -0.326 e. The zero-order valence-electron chi connectivity index (χ0n) is 14.2. The summed E-state index contributed by atoms with van der Waals surface area (Å²) < 4.78 is 13.8. The van der Waals surface area contributed by atoms with Crippen molar-refractivity contribution in [1.82, 2.24) is 10.2 Å². The number of likely N-dealkylation sites (tertiary alicyclic amines) is 1. The highest BCUT2D eigenvalue weighted by atomic mass is 35.5. The Kier molecular flexibility index (Phi) is 4.51. The number of rotatable bonds is 3. The molecule has 0 atom stereocenters. The molecular weight excluding hydrogens is 353 g/mol. The Morgan fingerprint density at radius 3 is 2.50 bits per heavy atom. The van der Waals surface area contributed by atoms with Gasteiger partial charge in [0.05, 0.1) is 0 Å². The molecule has 0 radical (unpaired) electrons. The lowest BCUT2D eigenvalue weighted by atomic mass is 9.97. The van der Waals surface area contributed by atoms with E-state index in [0.717, 1.165) is 18.7 Å². The van der Waals surface area contributed by atoms with E-state index >= 15 is 0 Å². The Balaban J connectivity index is 1.46. The van der Waals surface area contributed by atoms with Crippen LogP contribution in [0.5, 0.6) is 0 Å². The third-order valence-electron chi connectivity index (χ3n) is 5.04. The molecule has 0 unspecified atom stereocenters. The van der Waals surface area contributed by atoms with Crippen LogP contribution < -0.4 is 5.32 Å². The van der Waals surface area contributed by atoms with Gasteiger partial charge in [-0.15, -0.1) is 0 Å². The van der Waals surface area contributed by atoms with Crippen molar-refractivity contribution in [2.24, 2.45) is 4.99 Å². The van der Waals surface area contributed by atoms with Crippen LogP contribution in [0, 0.1) is 5.82 Å². The number of hydrogen-bond acceptors (Lipinski definition) is 3. The zero-order valence-corrected chi connectivity index (χ0v) is 15.0. The first-order valence-electron chi connectivity index (χ1n) is 8.69. The topological polar surface area (TPSA) is 44.7 Å². The van der Waals surface area contributed by atoms with Crippen LogP contribution in [0.25, 0.3) is 0 Å². The average molecular weight is 372 g/mol. The molecule has 2 aromatic rings. The predicted molar refractivity (Wildman–Crippen MR) is 99.8 cm³/mol. The third-order valence-corrected chi connectivity index (χ3v) is 5.29. The summed E-state index contributed by atoms with van der Waals surface area (Å²) in [6, 6.07) is 14.0. The number of hydrogen-bond donors (Lipinski definition) is 1. The first kappa shape index (κ1) is 17.2. The summed E-state index contributed by atoms with van der Waals surface area (Å²) in [4.78, 5) is 19.3. The number of carbonyl (C=O) groups is 1. The van der Waals surface area contributed by atoms with Crippen molar-refractivity contribution >= 4 is 23.2 Å². The number of nitrogens with zero attached hydrogens (tertiary/aromatic N) is 2. The summed E-state index contributed by atoms with van der Waals surface area (Å²) in [5, 5.41) is 3.68. The highest BCUT2D eigenvalue weighted by Crippen LogP contribution is 2.29. The van der Waals surface area contributed by atoms with Gasteiger partial charge in [0, 0.05) is 48.6 Å². The van der Waals surface area contributed by atoms with Crippen LogP contribution in [0.3, 0.4) is 0 Å². The highest BCUT2D eigenvalue weighted by Gasteiger charge is 2.42. The second kappa shape index (κ2) is 6.82. The van der Waals surface area contributed by atoms with Gasteiger partial charge in [-0.25, -0.2) is 4.39 Å². The van der Waals surface area contributed by atoms with Crippen molar-refractivity contribution in [2.75, 3.05) is 13.1 Å². The van der Waals surface area contributed by atoms with Crippen molar-refractivity contribution in [3.63, 3.8) is 0 Å². The van der Waals surface area contributed by atoms with Gasteiger partial charge in [0.25, 0.3) is 5.91 Å². The van der Waals surface area contributed by atoms with E-state index in [2.05, 4.69) is 10.2 Å². The van der Waals surface area contributed by atoms with Crippen molar-refractivity contribution < 1.29 is 9.18 Å². The molecule has 26 heavy (non-hydrogen) atoms. The van der Waals surface area contributed by atoms with Crippen LogP contribution in [-0.4, -0.2) is 35.3 Å². The second-order valence-electron chi connectivity index (χ2n) is 6.82. The molecule has 1 fully saturated rings. The predicted octanol–water partition coefficient (Wildman–Crippen LogP) is 3.39. The molecule has 0 aromatic heterocycles. The van der Waals surface area contributed by atoms with Crippen LogP contribution in [0.1, 0.15) is 24.0 Å². The summed E-state index contributed by atoms with van der Waals surface area (Å²) in [5.74, 6) is -0.320. The fourth-order valence-corrected chi connectivity index (χ4v) is 3.68. The first-order chi connectivity index (χ1) is 12.5. The normalized spacial score (nSPS) is 19.5. The van der Waals surface area contributed by atoms with E-state index in [0.29, 0.717) is 35.7 Å². The maximum atomic E-state index is 13.8. The van der Waals surface area contributed by atoms with Gasteiger partial charge in [-0.05, 0) is 18.2 Å². The molecule has 2 aliphatic rings. The molecule has 2 aromatic carbocycles. The van der Waals surface area contributed by atoms with E-state index in [4.69, 9.17) is 16.6 Å². The zero-order chi connectivity index (χ0) is 18.1. The molecule has 0 aliphatic carbocycles. The minimum absolute atomic E-state index is 0.144.